The van der Waals surface area contributed by atoms with Crippen LogP contribution in [-0.2, 0) is 4.79 Å². The second-order valence-corrected chi connectivity index (χ2v) is 5.92. The van der Waals surface area contributed by atoms with Crippen molar-refractivity contribution in [2.75, 3.05) is 0 Å². The number of carbonyl (C=O) groups excluding carboxylic acids is 1. The van der Waals surface area contributed by atoms with Gasteiger partial charge < -0.3 is 5.11 Å². The van der Waals surface area contributed by atoms with Crippen LogP contribution in [0.2, 0.25) is 0 Å². The molecule has 7 heteroatoms. The van der Waals surface area contributed by atoms with E-state index in [2.05, 4.69) is 10.1 Å². The molecule has 2 atom stereocenters. The van der Waals surface area contributed by atoms with Crippen molar-refractivity contribution in [2.24, 2.45) is 5.41 Å². The third-order valence-electron chi connectivity index (χ3n) is 2.31. The molecule has 0 aliphatic rings. The predicted octanol–water partition coefficient (Wildman–Crippen LogP) is 1.60. The molecular formula is C10H15Cl2N3O2. The molecule has 0 amide bonds. The summed E-state index contributed by atoms with van der Waals surface area (Å²) < 4.78 is 1.27. The third-order valence-corrected chi connectivity index (χ3v) is 2.83. The molecule has 0 aromatic carbocycles. The maximum Gasteiger partial charge on any atom is 0.165 e. The van der Waals surface area contributed by atoms with Gasteiger partial charge in [0.1, 0.15) is 29.6 Å². The number of Topliss-reactive ketones (excluding diaryl/α,β-unsaturated/α-hetero) is 1. The molecule has 0 saturated carbocycles. The summed E-state index contributed by atoms with van der Waals surface area (Å²) >= 11 is 11.3. The first-order valence-electron chi connectivity index (χ1n) is 5.10. The largest absolute Gasteiger partial charge is 0.388 e. The maximum absolute atomic E-state index is 12.2. The summed E-state index contributed by atoms with van der Waals surface area (Å²) in [6.07, 6.45) is 1.41. The van der Waals surface area contributed by atoms with Crippen LogP contribution in [0.25, 0.3) is 0 Å². The number of hydrogen-bond acceptors (Lipinski definition) is 4. The Morgan fingerprint density at radius 3 is 2.35 bits per heavy atom. The van der Waals surface area contributed by atoms with Gasteiger partial charge in [-0.15, -0.1) is 23.2 Å². The number of alkyl halides is 2. The monoisotopic (exact) mass is 279 g/mol. The minimum Gasteiger partial charge on any atom is -0.388 e. The van der Waals surface area contributed by atoms with Gasteiger partial charge in [-0.3, -0.25) is 4.79 Å². The van der Waals surface area contributed by atoms with Gasteiger partial charge in [-0.2, -0.15) is 5.10 Å². The van der Waals surface area contributed by atoms with Crippen LogP contribution in [0.15, 0.2) is 12.7 Å². The lowest BCUT2D eigenvalue weighted by Gasteiger charge is -2.28. The first-order valence-corrected chi connectivity index (χ1v) is 5.97. The molecule has 5 nitrogen and oxygen atoms in total. The van der Waals surface area contributed by atoms with E-state index in [-0.39, 0.29) is 5.78 Å². The fraction of sp³-hybridized carbons (Fsp3) is 0.700. The highest BCUT2D eigenvalue weighted by Crippen LogP contribution is 2.28. The molecule has 1 rings (SSSR count). The van der Waals surface area contributed by atoms with E-state index in [1.807, 2.05) is 0 Å². The molecule has 2 unspecified atom stereocenters. The van der Waals surface area contributed by atoms with Gasteiger partial charge in [-0.1, -0.05) is 20.8 Å². The fourth-order valence-electron chi connectivity index (χ4n) is 1.37. The topological polar surface area (TPSA) is 68.0 Å². The van der Waals surface area contributed by atoms with E-state index >= 15 is 0 Å². The Labute approximate surface area is 110 Å². The fourth-order valence-corrected chi connectivity index (χ4v) is 1.65. The Bertz CT molecular complexity index is 373. The van der Waals surface area contributed by atoms with Crippen LogP contribution in [0.3, 0.4) is 0 Å². The van der Waals surface area contributed by atoms with Gasteiger partial charge in [0.05, 0.1) is 0 Å². The Balaban J connectivity index is 3.08. The SMILES string of the molecule is CC(C)(C)C(=O)C(C(O)C(Cl)Cl)n1cncn1. The molecular weight excluding hydrogens is 265 g/mol. The quantitative estimate of drug-likeness (QED) is 0.851. The van der Waals surface area contributed by atoms with Crippen LogP contribution in [0, 0.1) is 5.41 Å². The van der Waals surface area contributed by atoms with Gasteiger partial charge in [0.15, 0.2) is 5.78 Å². The first-order chi connectivity index (χ1) is 7.75. The van der Waals surface area contributed by atoms with Crippen LogP contribution in [-0.4, -0.2) is 36.6 Å². The van der Waals surface area contributed by atoms with E-state index in [4.69, 9.17) is 23.2 Å². The van der Waals surface area contributed by atoms with Gasteiger partial charge in [0.2, 0.25) is 0 Å². The number of carbonyl (C=O) groups is 1. The van der Waals surface area contributed by atoms with Crippen molar-refractivity contribution in [1.29, 1.82) is 0 Å². The number of aliphatic hydroxyl groups excluding tert-OH is 1. The molecule has 1 heterocycles. The predicted molar refractivity (Wildman–Crippen MR) is 65.0 cm³/mol. The minimum atomic E-state index is -1.23. The van der Waals surface area contributed by atoms with Gasteiger partial charge in [0, 0.05) is 5.41 Å². The number of halogens is 2. The van der Waals surface area contributed by atoms with Gasteiger partial charge in [-0.25, -0.2) is 9.67 Å². The Morgan fingerprint density at radius 1 is 1.41 bits per heavy atom. The summed E-state index contributed by atoms with van der Waals surface area (Å²) in [7, 11) is 0. The zero-order chi connectivity index (χ0) is 13.2. The number of rotatable bonds is 4. The Hall–Kier alpha value is -0.650. The molecule has 0 saturated heterocycles. The van der Waals surface area contributed by atoms with Crippen molar-refractivity contribution in [1.82, 2.24) is 14.8 Å². The highest BCUT2D eigenvalue weighted by atomic mass is 35.5. The van der Waals surface area contributed by atoms with Crippen molar-refractivity contribution in [3.63, 3.8) is 0 Å². The standard InChI is InChI=1S/C10H15Cl2N3O2/c1-10(2,3)8(17)6(7(16)9(11)12)15-5-13-4-14-15/h4-7,9,16H,1-3H3. The first kappa shape index (κ1) is 14.4. The lowest BCUT2D eigenvalue weighted by Crippen LogP contribution is -2.41. The summed E-state index contributed by atoms with van der Waals surface area (Å²) in [5.74, 6) is -0.207. The molecule has 0 aliphatic carbocycles. The van der Waals surface area contributed by atoms with Crippen LogP contribution < -0.4 is 0 Å². The van der Waals surface area contributed by atoms with E-state index in [0.717, 1.165) is 0 Å². The number of ketones is 1. The van der Waals surface area contributed by atoms with Gasteiger partial charge in [-0.05, 0) is 0 Å². The number of hydrogen-bond donors (Lipinski definition) is 1. The summed E-state index contributed by atoms with van der Waals surface area (Å²) in [4.78, 5) is 14.9. The molecule has 0 fully saturated rings. The third kappa shape index (κ3) is 3.40. The molecule has 1 aromatic rings. The summed E-state index contributed by atoms with van der Waals surface area (Å²) in [5.41, 5.74) is -0.639. The zero-order valence-electron chi connectivity index (χ0n) is 9.84. The smallest absolute Gasteiger partial charge is 0.165 e. The van der Waals surface area contributed by atoms with Crippen molar-refractivity contribution in [3.8, 4) is 0 Å². The summed E-state index contributed by atoms with van der Waals surface area (Å²) in [6, 6.07) is -0.933. The zero-order valence-corrected chi connectivity index (χ0v) is 11.4. The van der Waals surface area contributed by atoms with E-state index in [0.29, 0.717) is 0 Å². The molecule has 0 radical (unpaired) electrons. The van der Waals surface area contributed by atoms with Crippen molar-refractivity contribution < 1.29 is 9.90 Å². The average Bonchev–Trinajstić information content (AvgIpc) is 2.69. The van der Waals surface area contributed by atoms with Crippen LogP contribution in [0.5, 0.6) is 0 Å². The van der Waals surface area contributed by atoms with Gasteiger partial charge >= 0.3 is 0 Å². The minimum absolute atomic E-state index is 0.207. The Morgan fingerprint density at radius 2 is 2.00 bits per heavy atom. The molecule has 0 aliphatic heterocycles. The van der Waals surface area contributed by atoms with E-state index < -0.39 is 22.4 Å². The van der Waals surface area contributed by atoms with Crippen molar-refractivity contribution in [2.45, 2.75) is 37.8 Å². The molecule has 0 bridgehead atoms. The number of nitrogens with zero attached hydrogens (tertiary/aromatic N) is 3. The molecule has 1 N–H and O–H groups in total. The second kappa shape index (κ2) is 5.33. The lowest BCUT2D eigenvalue weighted by atomic mass is 9.85. The lowest BCUT2D eigenvalue weighted by molar-refractivity contribution is -0.133. The van der Waals surface area contributed by atoms with Crippen LogP contribution >= 0.6 is 23.2 Å². The van der Waals surface area contributed by atoms with Crippen LogP contribution in [0.4, 0.5) is 0 Å². The van der Waals surface area contributed by atoms with Crippen molar-refractivity contribution >= 4 is 29.0 Å². The van der Waals surface area contributed by atoms with E-state index in [9.17, 15) is 9.90 Å². The number of aromatic nitrogens is 3. The summed E-state index contributed by atoms with van der Waals surface area (Å²) in [5, 5.41) is 13.8. The highest BCUT2D eigenvalue weighted by molar-refractivity contribution is 6.44. The summed E-state index contributed by atoms with van der Waals surface area (Å²) in [6.45, 7) is 5.26. The molecule has 17 heavy (non-hydrogen) atoms. The molecule has 96 valence electrons. The number of aliphatic hydroxyl groups is 1. The highest BCUT2D eigenvalue weighted by Gasteiger charge is 2.38. The maximum atomic E-state index is 12.2. The van der Waals surface area contributed by atoms with E-state index in [1.165, 1.54) is 17.3 Å². The normalized spacial score (nSPS) is 15.9. The van der Waals surface area contributed by atoms with Crippen LogP contribution in [0.1, 0.15) is 26.8 Å². The average molecular weight is 280 g/mol. The second-order valence-electron chi connectivity index (χ2n) is 4.76. The van der Waals surface area contributed by atoms with Gasteiger partial charge in [0.25, 0.3) is 0 Å². The molecule has 1 aromatic heterocycles. The Kier molecular flexibility index (Phi) is 4.52. The van der Waals surface area contributed by atoms with Crippen molar-refractivity contribution in [3.05, 3.63) is 12.7 Å². The molecule has 0 spiro atoms. The van der Waals surface area contributed by atoms with E-state index in [1.54, 1.807) is 20.8 Å².